The van der Waals surface area contributed by atoms with Gasteiger partial charge in [0, 0.05) is 24.5 Å². The molecule has 0 fully saturated rings. The molecule has 4 nitrogen and oxygen atoms in total. The van der Waals surface area contributed by atoms with Crippen LogP contribution in [0, 0.1) is 5.82 Å². The minimum Gasteiger partial charge on any atom is -0.354 e. The second-order valence-corrected chi connectivity index (χ2v) is 8.32. The summed E-state index contributed by atoms with van der Waals surface area (Å²) in [5, 5.41) is 3.48. The molecule has 0 aliphatic rings. The number of carbonyl (C=O) groups is 2. The third-order valence-corrected chi connectivity index (χ3v) is 5.76. The molecule has 6 heteroatoms. The van der Waals surface area contributed by atoms with E-state index < -0.39 is 6.04 Å². The first-order valence-corrected chi connectivity index (χ1v) is 11.4. The van der Waals surface area contributed by atoms with E-state index in [9.17, 15) is 14.0 Å². The second kappa shape index (κ2) is 12.2. The lowest BCUT2D eigenvalue weighted by Gasteiger charge is -2.32. The highest BCUT2D eigenvalue weighted by atomic mass is 35.5. The number of amides is 2. The van der Waals surface area contributed by atoms with Gasteiger partial charge in [0.2, 0.25) is 11.8 Å². The molecule has 0 spiro atoms. The second-order valence-electron chi connectivity index (χ2n) is 7.91. The van der Waals surface area contributed by atoms with Crippen molar-refractivity contribution in [3.05, 3.63) is 106 Å². The number of hydrogen-bond donors (Lipinski definition) is 1. The molecule has 0 saturated carbocycles. The Bertz CT molecular complexity index is 1060. The average molecular weight is 467 g/mol. The molecule has 3 rings (SSSR count). The number of rotatable bonds is 10. The Labute approximate surface area is 199 Å². The van der Waals surface area contributed by atoms with Gasteiger partial charge in [-0.2, -0.15) is 0 Å². The maximum absolute atomic E-state index is 13.5. The van der Waals surface area contributed by atoms with E-state index in [0.717, 1.165) is 17.5 Å². The molecule has 0 radical (unpaired) electrons. The van der Waals surface area contributed by atoms with E-state index >= 15 is 0 Å². The van der Waals surface area contributed by atoms with E-state index in [1.54, 1.807) is 23.1 Å². The molecule has 2 amide bonds. The summed E-state index contributed by atoms with van der Waals surface area (Å²) in [6, 6.07) is 22.0. The van der Waals surface area contributed by atoms with Crippen molar-refractivity contribution in [1.29, 1.82) is 0 Å². The van der Waals surface area contributed by atoms with E-state index in [4.69, 9.17) is 11.6 Å². The molecule has 172 valence electrons. The van der Waals surface area contributed by atoms with Crippen LogP contribution in [0.5, 0.6) is 0 Å². The van der Waals surface area contributed by atoms with Gasteiger partial charge in [-0.1, -0.05) is 79.2 Å². The normalized spacial score (nSPS) is 11.6. The molecule has 33 heavy (non-hydrogen) atoms. The van der Waals surface area contributed by atoms with Crippen LogP contribution in [0.1, 0.15) is 30.0 Å². The van der Waals surface area contributed by atoms with Crippen LogP contribution in [-0.2, 0) is 29.0 Å². The van der Waals surface area contributed by atoms with Gasteiger partial charge in [-0.3, -0.25) is 9.59 Å². The molecule has 0 aromatic heterocycles. The first kappa shape index (κ1) is 24.5. The lowest BCUT2D eigenvalue weighted by molar-refractivity contribution is -0.140. The third-order valence-electron chi connectivity index (χ3n) is 5.39. The Balaban J connectivity index is 1.95. The van der Waals surface area contributed by atoms with Gasteiger partial charge in [0.25, 0.3) is 0 Å². The molecular weight excluding hydrogens is 439 g/mol. The third kappa shape index (κ3) is 7.16. The maximum atomic E-state index is 13.5. The topological polar surface area (TPSA) is 49.4 Å². The summed E-state index contributed by atoms with van der Waals surface area (Å²) in [5.41, 5.74) is 2.39. The fourth-order valence-electron chi connectivity index (χ4n) is 3.61. The zero-order valence-electron chi connectivity index (χ0n) is 18.6. The maximum Gasteiger partial charge on any atom is 0.243 e. The predicted octanol–water partition coefficient (Wildman–Crippen LogP) is 5.19. The van der Waals surface area contributed by atoms with E-state index in [-0.39, 0.29) is 30.6 Å². The highest BCUT2D eigenvalue weighted by Gasteiger charge is 2.30. The van der Waals surface area contributed by atoms with Crippen LogP contribution >= 0.6 is 11.6 Å². The number of halogens is 2. The molecule has 0 unspecified atom stereocenters. The molecule has 1 N–H and O–H groups in total. The average Bonchev–Trinajstić information content (AvgIpc) is 2.83. The van der Waals surface area contributed by atoms with Crippen LogP contribution in [0.3, 0.4) is 0 Å². The van der Waals surface area contributed by atoms with Gasteiger partial charge in [0.1, 0.15) is 11.9 Å². The quantitative estimate of drug-likeness (QED) is 0.447. The fraction of sp³-hybridized carbons (Fsp3) is 0.259. The number of carbonyl (C=O) groups excluding carboxylic acids is 2. The summed E-state index contributed by atoms with van der Waals surface area (Å²) < 4.78 is 13.3. The highest BCUT2D eigenvalue weighted by Crippen LogP contribution is 2.21. The summed E-state index contributed by atoms with van der Waals surface area (Å²) in [7, 11) is 0. The predicted molar refractivity (Wildman–Crippen MR) is 129 cm³/mol. The highest BCUT2D eigenvalue weighted by molar-refractivity contribution is 6.31. The van der Waals surface area contributed by atoms with Gasteiger partial charge in [-0.05, 0) is 41.3 Å². The van der Waals surface area contributed by atoms with Crippen molar-refractivity contribution in [2.75, 3.05) is 6.54 Å². The number of nitrogens with one attached hydrogen (secondary N) is 1. The van der Waals surface area contributed by atoms with Crippen LogP contribution in [0.4, 0.5) is 4.39 Å². The van der Waals surface area contributed by atoms with Crippen molar-refractivity contribution in [2.45, 2.75) is 38.8 Å². The number of nitrogens with zero attached hydrogens (tertiary/aromatic N) is 1. The van der Waals surface area contributed by atoms with Crippen molar-refractivity contribution < 1.29 is 14.0 Å². The van der Waals surface area contributed by atoms with Gasteiger partial charge in [-0.15, -0.1) is 0 Å². The molecule has 0 heterocycles. The molecule has 0 bridgehead atoms. The van der Waals surface area contributed by atoms with Crippen molar-refractivity contribution in [3.63, 3.8) is 0 Å². The Kier molecular flexibility index (Phi) is 9.02. The van der Waals surface area contributed by atoms with Crippen LogP contribution < -0.4 is 5.32 Å². The van der Waals surface area contributed by atoms with Gasteiger partial charge in [0.15, 0.2) is 0 Å². The zero-order valence-corrected chi connectivity index (χ0v) is 19.4. The van der Waals surface area contributed by atoms with E-state index in [1.807, 2.05) is 55.5 Å². The summed E-state index contributed by atoms with van der Waals surface area (Å²) in [6.07, 6.45) is 1.21. The van der Waals surface area contributed by atoms with Crippen molar-refractivity contribution in [2.24, 2.45) is 0 Å². The lowest BCUT2D eigenvalue weighted by Crippen LogP contribution is -2.51. The molecule has 0 aliphatic carbocycles. The SMILES string of the molecule is CCCNC(=O)[C@H](Cc1ccccc1)N(Cc1ccccc1Cl)C(=O)Cc1ccc(F)cc1. The lowest BCUT2D eigenvalue weighted by atomic mass is 10.0. The van der Waals surface area contributed by atoms with Gasteiger partial charge < -0.3 is 10.2 Å². The summed E-state index contributed by atoms with van der Waals surface area (Å²) in [4.78, 5) is 28.4. The van der Waals surface area contributed by atoms with E-state index in [1.165, 1.54) is 12.1 Å². The van der Waals surface area contributed by atoms with Crippen LogP contribution in [-0.4, -0.2) is 29.3 Å². The van der Waals surface area contributed by atoms with Crippen LogP contribution in [0.25, 0.3) is 0 Å². The molecule has 1 atom stereocenters. The smallest absolute Gasteiger partial charge is 0.243 e. The van der Waals surface area contributed by atoms with Crippen molar-refractivity contribution in [1.82, 2.24) is 10.2 Å². The van der Waals surface area contributed by atoms with Gasteiger partial charge in [-0.25, -0.2) is 4.39 Å². The number of hydrogen-bond acceptors (Lipinski definition) is 2. The van der Waals surface area contributed by atoms with E-state index in [2.05, 4.69) is 5.32 Å². The first-order valence-electron chi connectivity index (χ1n) is 11.1. The molecule has 0 aliphatic heterocycles. The van der Waals surface area contributed by atoms with Crippen molar-refractivity contribution >= 4 is 23.4 Å². The first-order chi connectivity index (χ1) is 16.0. The van der Waals surface area contributed by atoms with Gasteiger partial charge >= 0.3 is 0 Å². The fourth-order valence-corrected chi connectivity index (χ4v) is 3.80. The van der Waals surface area contributed by atoms with Gasteiger partial charge in [0.05, 0.1) is 6.42 Å². The van der Waals surface area contributed by atoms with E-state index in [0.29, 0.717) is 23.6 Å². The Morgan fingerprint density at radius 1 is 0.939 bits per heavy atom. The van der Waals surface area contributed by atoms with Crippen LogP contribution in [0.15, 0.2) is 78.9 Å². The standard InChI is InChI=1S/C27H28ClFN2O2/c1-2-16-30-27(33)25(17-20-8-4-3-5-9-20)31(19-22-10-6-7-11-24(22)28)26(32)18-21-12-14-23(29)15-13-21/h3-15,25H,2,16-19H2,1H3,(H,30,33)/t25-/m0/s1. The minimum absolute atomic E-state index is 0.0527. The summed E-state index contributed by atoms with van der Waals surface area (Å²) in [5.74, 6) is -0.797. The summed E-state index contributed by atoms with van der Waals surface area (Å²) >= 11 is 6.40. The molecule has 3 aromatic carbocycles. The Morgan fingerprint density at radius 2 is 1.61 bits per heavy atom. The summed E-state index contributed by atoms with van der Waals surface area (Å²) in [6.45, 7) is 2.70. The largest absolute Gasteiger partial charge is 0.354 e. The Hall–Kier alpha value is -3.18. The minimum atomic E-state index is -0.719. The van der Waals surface area contributed by atoms with Crippen molar-refractivity contribution in [3.8, 4) is 0 Å². The Morgan fingerprint density at radius 3 is 2.27 bits per heavy atom. The van der Waals surface area contributed by atoms with Crippen LogP contribution in [0.2, 0.25) is 5.02 Å². The molecular formula is C27H28ClFN2O2. The molecule has 3 aromatic rings. The number of benzene rings is 3. The molecule has 0 saturated heterocycles. The monoisotopic (exact) mass is 466 g/mol. The zero-order chi connectivity index (χ0) is 23.6.